The number of carbonyl (C=O) groups excluding carboxylic acids is 1. The predicted molar refractivity (Wildman–Crippen MR) is 129 cm³/mol. The summed E-state index contributed by atoms with van der Waals surface area (Å²) >= 11 is 0. The molecule has 5 aliphatic rings. The molecule has 6 heteroatoms. The van der Waals surface area contributed by atoms with Crippen LogP contribution in [-0.2, 0) is 23.6 Å². The normalized spacial score (nSPS) is 31.3. The molecule has 0 radical (unpaired) electrons. The highest BCUT2D eigenvalue weighted by Crippen LogP contribution is 2.57. The zero-order valence-electron chi connectivity index (χ0n) is 20.4. The molecule has 0 aromatic heterocycles. The van der Waals surface area contributed by atoms with Crippen LogP contribution in [0.2, 0.25) is 0 Å². The summed E-state index contributed by atoms with van der Waals surface area (Å²) in [6.07, 6.45) is 9.84. The molecule has 4 bridgehead atoms. The highest BCUT2D eigenvalue weighted by molar-refractivity contribution is 6.63. The lowest BCUT2D eigenvalue weighted by Gasteiger charge is -2.51. The van der Waals surface area contributed by atoms with Crippen molar-refractivity contribution in [1.82, 2.24) is 0 Å². The Kier molecular flexibility index (Phi) is 5.73. The molecule has 0 amide bonds. The Morgan fingerprint density at radius 1 is 1.00 bits per heavy atom. The van der Waals surface area contributed by atoms with Crippen LogP contribution in [0.1, 0.15) is 70.9 Å². The predicted octanol–water partition coefficient (Wildman–Crippen LogP) is 4.94. The minimum atomic E-state index is -0.521. The van der Waals surface area contributed by atoms with Crippen LogP contribution in [-0.4, -0.2) is 31.9 Å². The third kappa shape index (κ3) is 3.95. The van der Waals surface area contributed by atoms with Gasteiger partial charge in [-0.2, -0.15) is 0 Å². The van der Waals surface area contributed by atoms with Crippen LogP contribution in [0.15, 0.2) is 30.0 Å². The van der Waals surface area contributed by atoms with Crippen molar-refractivity contribution in [3.63, 3.8) is 0 Å². The van der Waals surface area contributed by atoms with Gasteiger partial charge in [0.2, 0.25) is 0 Å². The fourth-order valence-corrected chi connectivity index (χ4v) is 6.65. The molecule has 4 aliphatic carbocycles. The van der Waals surface area contributed by atoms with Crippen molar-refractivity contribution in [2.45, 2.75) is 71.0 Å². The third-order valence-electron chi connectivity index (χ3n) is 8.72. The molecule has 1 aromatic rings. The van der Waals surface area contributed by atoms with Crippen LogP contribution < -0.4 is 5.46 Å². The molecule has 0 unspecified atom stereocenters. The van der Waals surface area contributed by atoms with Crippen molar-refractivity contribution in [3.05, 3.63) is 41.2 Å². The van der Waals surface area contributed by atoms with Crippen molar-refractivity contribution >= 4 is 30.9 Å². The average molecular weight is 450 g/mol. The molecule has 5 nitrogen and oxygen atoms in total. The zero-order valence-corrected chi connectivity index (χ0v) is 20.4. The second-order valence-corrected chi connectivity index (χ2v) is 11.3. The largest absolute Gasteiger partial charge is 0.496 e. The Balaban J connectivity index is 1.56. The third-order valence-corrected chi connectivity index (χ3v) is 8.72. The quantitative estimate of drug-likeness (QED) is 0.349. The second-order valence-electron chi connectivity index (χ2n) is 11.3. The average Bonchev–Trinajstić information content (AvgIpc) is 2.97. The van der Waals surface area contributed by atoms with E-state index in [-0.39, 0.29) is 0 Å². The molecule has 6 rings (SSSR count). The molecule has 5 fully saturated rings. The fourth-order valence-electron chi connectivity index (χ4n) is 6.65. The molecule has 1 aliphatic heterocycles. The first-order chi connectivity index (χ1) is 15.7. The first-order valence-electron chi connectivity index (χ1n) is 12.3. The van der Waals surface area contributed by atoms with Gasteiger partial charge in [-0.15, -0.1) is 0 Å². The van der Waals surface area contributed by atoms with E-state index in [9.17, 15) is 4.79 Å². The number of ether oxygens (including phenoxy) is 2. The summed E-state index contributed by atoms with van der Waals surface area (Å²) in [5.74, 6) is 4.13. The van der Waals surface area contributed by atoms with Crippen molar-refractivity contribution in [2.75, 3.05) is 7.11 Å². The van der Waals surface area contributed by atoms with Gasteiger partial charge in [0, 0.05) is 5.56 Å². The van der Waals surface area contributed by atoms with Crippen molar-refractivity contribution < 1.29 is 23.6 Å². The molecule has 1 heterocycles. The number of rotatable bonds is 6. The number of benzene rings is 1. The highest BCUT2D eigenvalue weighted by Gasteiger charge is 2.52. The van der Waals surface area contributed by atoms with Gasteiger partial charge in [0.05, 0.1) is 24.6 Å². The Morgan fingerprint density at radius 3 is 2.15 bits per heavy atom. The molecule has 33 heavy (non-hydrogen) atoms. The molecule has 0 atom stereocenters. The number of allylic oxidation sites excluding steroid dienone is 1. The van der Waals surface area contributed by atoms with Crippen molar-refractivity contribution in [3.8, 4) is 0 Å². The number of methoxy groups -OCH3 is 1. The standard InChI is InChI=1S/C27H35BO5/c1-26(2)27(3,4)33-28(32-26)23-15-20(7-6-19(23)8-9-31-16-29)25(30-5)24-21-11-17-10-18(13-21)14-22(24)12-17/h6-9,15-18,21-22H,10-14H2,1-5H3/b9-8+,25-24?. The lowest BCUT2D eigenvalue weighted by atomic mass is 9.54. The topological polar surface area (TPSA) is 54.0 Å². The first-order valence-corrected chi connectivity index (χ1v) is 12.3. The van der Waals surface area contributed by atoms with Gasteiger partial charge in [0.1, 0.15) is 5.76 Å². The summed E-state index contributed by atoms with van der Waals surface area (Å²) in [7, 11) is 1.28. The molecule has 0 N–H and O–H groups in total. The van der Waals surface area contributed by atoms with E-state index < -0.39 is 18.3 Å². The van der Waals surface area contributed by atoms with Crippen LogP contribution in [0.4, 0.5) is 0 Å². The smallest absolute Gasteiger partial charge is 0.495 e. The van der Waals surface area contributed by atoms with Crippen LogP contribution in [0, 0.1) is 23.7 Å². The summed E-state index contributed by atoms with van der Waals surface area (Å²) in [6, 6.07) is 6.28. The number of carbonyl (C=O) groups is 1. The second kappa shape index (κ2) is 8.32. The van der Waals surface area contributed by atoms with Gasteiger partial charge in [-0.25, -0.2) is 0 Å². The van der Waals surface area contributed by atoms with E-state index in [1.54, 1.807) is 13.2 Å². The van der Waals surface area contributed by atoms with Crippen LogP contribution in [0.3, 0.4) is 0 Å². The summed E-state index contributed by atoms with van der Waals surface area (Å²) < 4.78 is 23.7. The minimum Gasteiger partial charge on any atom is -0.496 e. The van der Waals surface area contributed by atoms with E-state index in [0.717, 1.165) is 34.2 Å². The Hall–Kier alpha value is -2.05. The van der Waals surface area contributed by atoms with Gasteiger partial charge in [0.15, 0.2) is 0 Å². The molecule has 176 valence electrons. The van der Waals surface area contributed by atoms with E-state index in [2.05, 4.69) is 39.8 Å². The highest BCUT2D eigenvalue weighted by atomic mass is 16.7. The monoisotopic (exact) mass is 450 g/mol. The Bertz CT molecular complexity index is 946. The van der Waals surface area contributed by atoms with Crippen LogP contribution in [0.5, 0.6) is 0 Å². The van der Waals surface area contributed by atoms with Gasteiger partial charge >= 0.3 is 7.12 Å². The first kappa shape index (κ1) is 22.7. The molecule has 1 aromatic carbocycles. The lowest BCUT2D eigenvalue weighted by molar-refractivity contribution is -0.123. The van der Waals surface area contributed by atoms with Crippen molar-refractivity contribution in [1.29, 1.82) is 0 Å². The van der Waals surface area contributed by atoms with E-state index in [1.165, 1.54) is 43.9 Å². The molecule has 1 saturated heterocycles. The van der Waals surface area contributed by atoms with Crippen LogP contribution >= 0.6 is 0 Å². The van der Waals surface area contributed by atoms with Gasteiger partial charge in [-0.1, -0.05) is 18.2 Å². The fraction of sp³-hybridized carbons (Fsp3) is 0.593. The van der Waals surface area contributed by atoms with Gasteiger partial charge in [-0.3, -0.25) is 4.79 Å². The molecular formula is C27H35BO5. The maximum Gasteiger partial charge on any atom is 0.495 e. The molecule has 4 saturated carbocycles. The number of hydrogen-bond donors (Lipinski definition) is 0. The van der Waals surface area contributed by atoms with Gasteiger partial charge in [0.25, 0.3) is 6.47 Å². The summed E-state index contributed by atoms with van der Waals surface area (Å²) in [4.78, 5) is 10.6. The van der Waals surface area contributed by atoms with Crippen LogP contribution in [0.25, 0.3) is 11.8 Å². The molecular weight excluding hydrogens is 415 g/mol. The summed E-state index contributed by atoms with van der Waals surface area (Å²) in [5.41, 5.74) is 3.51. The summed E-state index contributed by atoms with van der Waals surface area (Å²) in [5, 5.41) is 0. The number of hydrogen-bond acceptors (Lipinski definition) is 5. The Morgan fingerprint density at radius 2 is 1.61 bits per heavy atom. The molecule has 0 spiro atoms. The van der Waals surface area contributed by atoms with E-state index in [4.69, 9.17) is 18.8 Å². The Labute approximate surface area is 197 Å². The maximum atomic E-state index is 10.6. The van der Waals surface area contributed by atoms with Gasteiger partial charge in [-0.05, 0) is 106 Å². The van der Waals surface area contributed by atoms with Crippen molar-refractivity contribution in [2.24, 2.45) is 23.7 Å². The lowest BCUT2D eigenvalue weighted by Crippen LogP contribution is -2.41. The minimum absolute atomic E-state index is 0.416. The van der Waals surface area contributed by atoms with E-state index in [1.807, 2.05) is 6.07 Å². The summed E-state index contributed by atoms with van der Waals surface area (Å²) in [6.45, 7) is 8.63. The maximum absolute atomic E-state index is 10.6. The SMILES string of the molecule is COC(=C1C2CC3CC(C2)CC1C3)c1ccc(/C=C/OC=O)c(B2OC(C)(C)C(C)(C)O2)c1. The van der Waals surface area contributed by atoms with Gasteiger partial charge < -0.3 is 18.8 Å². The zero-order chi connectivity index (χ0) is 23.4. The van der Waals surface area contributed by atoms with E-state index >= 15 is 0 Å². The van der Waals surface area contributed by atoms with E-state index in [0.29, 0.717) is 18.3 Å².